The molecule has 1 amide bonds. The minimum Gasteiger partial charge on any atom is -0.494 e. The third-order valence-corrected chi connectivity index (χ3v) is 5.81. The lowest BCUT2D eigenvalue weighted by molar-refractivity contribution is 0.0785. The van der Waals surface area contributed by atoms with Gasteiger partial charge in [0.05, 0.1) is 11.5 Å². The number of anilines is 1. The topological polar surface area (TPSA) is 75.7 Å². The summed E-state index contributed by atoms with van der Waals surface area (Å²) < 4.78 is 32.8. The number of hydrogen-bond donors (Lipinski definition) is 1. The molecular formula is C23H24N2O4S. The summed E-state index contributed by atoms with van der Waals surface area (Å²) in [7, 11) is -1.95. The minimum absolute atomic E-state index is 0.158. The van der Waals surface area contributed by atoms with Crippen molar-refractivity contribution >= 4 is 21.6 Å². The van der Waals surface area contributed by atoms with E-state index in [0.717, 1.165) is 11.3 Å². The molecule has 3 aromatic carbocycles. The summed E-state index contributed by atoms with van der Waals surface area (Å²) in [6.07, 6.45) is 0. The molecule has 156 valence electrons. The Bertz CT molecular complexity index is 1100. The van der Waals surface area contributed by atoms with Crippen LogP contribution >= 0.6 is 0 Å². The highest BCUT2D eigenvalue weighted by Crippen LogP contribution is 2.18. The number of rotatable bonds is 8. The van der Waals surface area contributed by atoms with E-state index in [4.69, 9.17) is 4.74 Å². The molecule has 0 fully saturated rings. The van der Waals surface area contributed by atoms with Crippen molar-refractivity contribution in [3.8, 4) is 5.75 Å². The number of sulfonamides is 1. The van der Waals surface area contributed by atoms with Gasteiger partial charge in [-0.1, -0.05) is 30.3 Å². The standard InChI is InChI=1S/C23H24N2O4S/c1-3-29-21-9-7-8-18(16-21)17-25(2)23(26)19-12-14-20(15-13-19)24-30(27,28)22-10-5-4-6-11-22/h4-16,24H,3,17H2,1-2H3. The SMILES string of the molecule is CCOc1cccc(CN(C)C(=O)c2ccc(NS(=O)(=O)c3ccccc3)cc2)c1. The number of nitrogens with zero attached hydrogens (tertiary/aromatic N) is 1. The van der Waals surface area contributed by atoms with Crippen LogP contribution < -0.4 is 9.46 Å². The highest BCUT2D eigenvalue weighted by molar-refractivity contribution is 7.92. The molecule has 0 bridgehead atoms. The van der Waals surface area contributed by atoms with E-state index in [1.54, 1.807) is 54.4 Å². The average molecular weight is 425 g/mol. The first-order valence-electron chi connectivity index (χ1n) is 9.54. The minimum atomic E-state index is -3.67. The van der Waals surface area contributed by atoms with Gasteiger partial charge in [-0.3, -0.25) is 9.52 Å². The Hall–Kier alpha value is -3.32. The molecule has 7 heteroatoms. The predicted octanol–water partition coefficient (Wildman–Crippen LogP) is 4.16. The molecule has 0 aliphatic rings. The molecule has 3 aromatic rings. The van der Waals surface area contributed by atoms with Gasteiger partial charge in [0, 0.05) is 24.8 Å². The maximum Gasteiger partial charge on any atom is 0.261 e. The number of hydrogen-bond acceptors (Lipinski definition) is 4. The van der Waals surface area contributed by atoms with Crippen LogP contribution in [0.15, 0.2) is 83.8 Å². The van der Waals surface area contributed by atoms with Crippen molar-refractivity contribution in [2.75, 3.05) is 18.4 Å². The molecule has 1 N–H and O–H groups in total. The van der Waals surface area contributed by atoms with Crippen LogP contribution in [0.1, 0.15) is 22.8 Å². The molecule has 3 rings (SSSR count). The van der Waals surface area contributed by atoms with Crippen LogP contribution in [0.2, 0.25) is 0 Å². The molecule has 0 radical (unpaired) electrons. The van der Waals surface area contributed by atoms with Crippen LogP contribution in [0.25, 0.3) is 0 Å². The molecule has 0 atom stereocenters. The quantitative estimate of drug-likeness (QED) is 0.589. The van der Waals surface area contributed by atoms with E-state index in [9.17, 15) is 13.2 Å². The second-order valence-electron chi connectivity index (χ2n) is 6.74. The Morgan fingerprint density at radius 3 is 2.33 bits per heavy atom. The molecule has 0 aromatic heterocycles. The van der Waals surface area contributed by atoms with E-state index >= 15 is 0 Å². The van der Waals surface area contributed by atoms with Gasteiger partial charge in [-0.2, -0.15) is 0 Å². The van der Waals surface area contributed by atoms with Crippen molar-refractivity contribution in [3.63, 3.8) is 0 Å². The number of carbonyl (C=O) groups excluding carboxylic acids is 1. The fourth-order valence-electron chi connectivity index (χ4n) is 2.96. The Balaban J connectivity index is 1.66. The first kappa shape index (κ1) is 21.4. The van der Waals surface area contributed by atoms with E-state index in [1.807, 2.05) is 31.2 Å². The Morgan fingerprint density at radius 2 is 1.67 bits per heavy atom. The molecule has 0 spiro atoms. The van der Waals surface area contributed by atoms with Crippen molar-refractivity contribution in [3.05, 3.63) is 90.0 Å². The predicted molar refractivity (Wildman–Crippen MR) is 117 cm³/mol. The van der Waals surface area contributed by atoms with E-state index in [1.165, 1.54) is 12.1 Å². The largest absolute Gasteiger partial charge is 0.494 e. The summed E-state index contributed by atoms with van der Waals surface area (Å²) in [6.45, 7) is 2.94. The van der Waals surface area contributed by atoms with Gasteiger partial charge in [0.2, 0.25) is 0 Å². The number of carbonyl (C=O) groups is 1. The monoisotopic (exact) mass is 424 g/mol. The number of ether oxygens (including phenoxy) is 1. The first-order valence-corrected chi connectivity index (χ1v) is 11.0. The molecule has 0 heterocycles. The molecular weight excluding hydrogens is 400 g/mol. The smallest absolute Gasteiger partial charge is 0.261 e. The van der Waals surface area contributed by atoms with Gasteiger partial charge in [-0.25, -0.2) is 8.42 Å². The third-order valence-electron chi connectivity index (χ3n) is 4.41. The zero-order chi connectivity index (χ0) is 21.6. The fraction of sp³-hybridized carbons (Fsp3) is 0.174. The Morgan fingerprint density at radius 1 is 0.967 bits per heavy atom. The van der Waals surface area contributed by atoms with Crippen molar-refractivity contribution in [1.29, 1.82) is 0 Å². The van der Waals surface area contributed by atoms with Crippen LogP contribution in [0.4, 0.5) is 5.69 Å². The third kappa shape index (κ3) is 5.39. The van der Waals surface area contributed by atoms with Crippen LogP contribution in [0.3, 0.4) is 0 Å². The van der Waals surface area contributed by atoms with Gasteiger partial charge in [-0.05, 0) is 61.0 Å². The van der Waals surface area contributed by atoms with Crippen LogP contribution in [-0.4, -0.2) is 32.9 Å². The summed E-state index contributed by atoms with van der Waals surface area (Å²) in [5.41, 5.74) is 1.83. The van der Waals surface area contributed by atoms with E-state index in [-0.39, 0.29) is 10.8 Å². The van der Waals surface area contributed by atoms with Gasteiger partial charge < -0.3 is 9.64 Å². The first-order chi connectivity index (χ1) is 14.4. The van der Waals surface area contributed by atoms with E-state index in [0.29, 0.717) is 24.4 Å². The normalized spacial score (nSPS) is 11.0. The van der Waals surface area contributed by atoms with E-state index < -0.39 is 10.0 Å². The van der Waals surface area contributed by atoms with Crippen LogP contribution in [0, 0.1) is 0 Å². The molecule has 6 nitrogen and oxygen atoms in total. The molecule has 0 saturated carbocycles. The van der Waals surface area contributed by atoms with Crippen LogP contribution in [-0.2, 0) is 16.6 Å². The maximum atomic E-state index is 12.7. The summed E-state index contributed by atoms with van der Waals surface area (Å²) in [4.78, 5) is 14.5. The molecule has 0 unspecified atom stereocenters. The summed E-state index contributed by atoms with van der Waals surface area (Å²) in [5, 5.41) is 0. The summed E-state index contributed by atoms with van der Waals surface area (Å²) in [6, 6.07) is 22.1. The highest BCUT2D eigenvalue weighted by Gasteiger charge is 2.15. The van der Waals surface area contributed by atoms with Gasteiger partial charge in [0.1, 0.15) is 5.75 Å². The molecule has 30 heavy (non-hydrogen) atoms. The molecule has 0 saturated heterocycles. The number of benzene rings is 3. The summed E-state index contributed by atoms with van der Waals surface area (Å²) in [5.74, 6) is 0.611. The van der Waals surface area contributed by atoms with Crippen LogP contribution in [0.5, 0.6) is 5.75 Å². The lowest BCUT2D eigenvalue weighted by atomic mass is 10.1. The zero-order valence-electron chi connectivity index (χ0n) is 16.9. The molecule has 0 aliphatic carbocycles. The van der Waals surface area contributed by atoms with E-state index in [2.05, 4.69) is 4.72 Å². The number of amides is 1. The Kier molecular flexibility index (Phi) is 6.74. The van der Waals surface area contributed by atoms with Crippen molar-refractivity contribution in [2.45, 2.75) is 18.4 Å². The van der Waals surface area contributed by atoms with Crippen molar-refractivity contribution < 1.29 is 17.9 Å². The van der Waals surface area contributed by atoms with Gasteiger partial charge in [0.15, 0.2) is 0 Å². The van der Waals surface area contributed by atoms with Gasteiger partial charge in [0.25, 0.3) is 15.9 Å². The second-order valence-corrected chi connectivity index (χ2v) is 8.42. The van der Waals surface area contributed by atoms with Crippen molar-refractivity contribution in [2.24, 2.45) is 0 Å². The summed E-state index contributed by atoms with van der Waals surface area (Å²) >= 11 is 0. The van der Waals surface area contributed by atoms with Crippen molar-refractivity contribution in [1.82, 2.24) is 4.90 Å². The lowest BCUT2D eigenvalue weighted by Gasteiger charge is -2.18. The maximum absolute atomic E-state index is 12.7. The average Bonchev–Trinajstić information content (AvgIpc) is 2.75. The fourth-order valence-corrected chi connectivity index (χ4v) is 4.04. The zero-order valence-corrected chi connectivity index (χ0v) is 17.7. The number of nitrogens with one attached hydrogen (secondary N) is 1. The second kappa shape index (κ2) is 9.45. The Labute approximate surface area is 177 Å². The van der Waals surface area contributed by atoms with Gasteiger partial charge in [-0.15, -0.1) is 0 Å². The van der Waals surface area contributed by atoms with Gasteiger partial charge >= 0.3 is 0 Å². The highest BCUT2D eigenvalue weighted by atomic mass is 32.2. The lowest BCUT2D eigenvalue weighted by Crippen LogP contribution is -2.26. The molecule has 0 aliphatic heterocycles.